The first-order chi connectivity index (χ1) is 15.5. The summed E-state index contributed by atoms with van der Waals surface area (Å²) in [6.45, 7) is 1.65. The Balaban J connectivity index is 1.52. The molecule has 4 rings (SSSR count). The van der Waals surface area contributed by atoms with E-state index in [0.29, 0.717) is 24.3 Å². The number of hydrogen-bond acceptors (Lipinski definition) is 5. The number of nitrogens with zero attached hydrogens (tertiary/aromatic N) is 6. The summed E-state index contributed by atoms with van der Waals surface area (Å²) in [6, 6.07) is 13.3. The van der Waals surface area contributed by atoms with Gasteiger partial charge < -0.3 is 9.80 Å². The number of fused-ring (bicyclic) bond motifs is 1. The van der Waals surface area contributed by atoms with Crippen LogP contribution in [0.2, 0.25) is 0 Å². The van der Waals surface area contributed by atoms with Gasteiger partial charge in [0, 0.05) is 44.6 Å². The van der Waals surface area contributed by atoms with Crippen molar-refractivity contribution in [3.05, 3.63) is 83.2 Å². The lowest BCUT2D eigenvalue weighted by molar-refractivity contribution is 0.0680. The van der Waals surface area contributed by atoms with Crippen LogP contribution in [0.4, 0.5) is 4.39 Å². The molecule has 32 heavy (non-hydrogen) atoms. The van der Waals surface area contributed by atoms with Crippen molar-refractivity contribution in [2.75, 3.05) is 13.1 Å². The second-order valence-corrected chi connectivity index (χ2v) is 7.49. The zero-order chi connectivity index (χ0) is 22.5. The van der Waals surface area contributed by atoms with Crippen molar-refractivity contribution >= 4 is 11.8 Å². The number of aromatic nitrogens is 3. The van der Waals surface area contributed by atoms with Crippen LogP contribution in [0.25, 0.3) is 0 Å². The molecule has 162 valence electrons. The van der Waals surface area contributed by atoms with E-state index in [0.717, 1.165) is 5.56 Å². The van der Waals surface area contributed by atoms with E-state index in [4.69, 9.17) is 5.26 Å². The van der Waals surface area contributed by atoms with Crippen LogP contribution in [-0.2, 0) is 19.6 Å². The second kappa shape index (κ2) is 9.39. The predicted molar refractivity (Wildman–Crippen MR) is 113 cm³/mol. The largest absolute Gasteiger partial charge is 0.332 e. The first-order valence-corrected chi connectivity index (χ1v) is 10.2. The highest BCUT2D eigenvalue weighted by molar-refractivity contribution is 5.98. The fraction of sp³-hybridized carbons (Fsp3) is 0.261. The molecule has 1 aromatic carbocycles. The Hall–Kier alpha value is -4.06. The Kier molecular flexibility index (Phi) is 6.22. The highest BCUT2D eigenvalue weighted by atomic mass is 19.1. The molecule has 2 aromatic heterocycles. The maximum Gasteiger partial charge on any atom is 0.274 e. The monoisotopic (exact) mass is 432 g/mol. The van der Waals surface area contributed by atoms with Crippen molar-refractivity contribution in [1.82, 2.24) is 24.6 Å². The Labute approximate surface area is 184 Å². The average molecular weight is 432 g/mol. The van der Waals surface area contributed by atoms with E-state index in [1.165, 1.54) is 27.8 Å². The molecule has 3 aromatic rings. The molecule has 0 fully saturated rings. The van der Waals surface area contributed by atoms with Gasteiger partial charge in [0.1, 0.15) is 11.5 Å². The fourth-order valence-electron chi connectivity index (χ4n) is 3.66. The number of pyridine rings is 1. The SMILES string of the molecule is N#CCCN(Cc1cccnc1)C(=O)c1cc2n(n1)CCN(Cc1cccc(F)c1)C2=O. The normalized spacial score (nSPS) is 12.9. The number of carbonyl (C=O) groups is 2. The molecule has 0 N–H and O–H groups in total. The second-order valence-electron chi connectivity index (χ2n) is 7.49. The van der Waals surface area contributed by atoms with Crippen LogP contribution in [-0.4, -0.2) is 49.5 Å². The Morgan fingerprint density at radius 1 is 1.19 bits per heavy atom. The summed E-state index contributed by atoms with van der Waals surface area (Å²) >= 11 is 0. The van der Waals surface area contributed by atoms with Gasteiger partial charge in [-0.3, -0.25) is 19.3 Å². The van der Waals surface area contributed by atoms with Crippen molar-refractivity contribution < 1.29 is 14.0 Å². The van der Waals surface area contributed by atoms with Gasteiger partial charge in [0.2, 0.25) is 0 Å². The number of nitriles is 1. The predicted octanol–water partition coefficient (Wildman–Crippen LogP) is 2.63. The summed E-state index contributed by atoms with van der Waals surface area (Å²) < 4.78 is 15.0. The molecule has 1 aliphatic heterocycles. The molecular formula is C23H21FN6O2. The van der Waals surface area contributed by atoms with Crippen molar-refractivity contribution in [1.29, 1.82) is 5.26 Å². The number of halogens is 1. The van der Waals surface area contributed by atoms with E-state index in [-0.39, 0.29) is 49.4 Å². The fourth-order valence-corrected chi connectivity index (χ4v) is 3.66. The highest BCUT2D eigenvalue weighted by Gasteiger charge is 2.29. The molecule has 0 radical (unpaired) electrons. The van der Waals surface area contributed by atoms with Gasteiger partial charge >= 0.3 is 0 Å². The minimum Gasteiger partial charge on any atom is -0.332 e. The average Bonchev–Trinajstić information content (AvgIpc) is 3.24. The van der Waals surface area contributed by atoms with Crippen LogP contribution in [0.1, 0.15) is 38.5 Å². The van der Waals surface area contributed by atoms with E-state index >= 15 is 0 Å². The summed E-state index contributed by atoms with van der Waals surface area (Å²) in [6.07, 6.45) is 3.49. The topological polar surface area (TPSA) is 95.1 Å². The van der Waals surface area contributed by atoms with E-state index in [1.54, 1.807) is 35.5 Å². The van der Waals surface area contributed by atoms with Gasteiger partial charge in [-0.1, -0.05) is 18.2 Å². The molecule has 0 aliphatic carbocycles. The van der Waals surface area contributed by atoms with E-state index in [1.807, 2.05) is 6.07 Å². The quantitative estimate of drug-likeness (QED) is 0.572. The standard InChI is InChI=1S/C23H21FN6O2/c24-19-6-1-4-17(12-19)15-29-10-11-30-21(23(29)32)13-20(27-30)22(31)28(9-3-7-25)16-18-5-2-8-26-14-18/h1-2,4-6,8,12-14H,3,9-11,15-16H2. The smallest absolute Gasteiger partial charge is 0.274 e. The lowest BCUT2D eigenvalue weighted by Crippen LogP contribution is -2.39. The molecule has 3 heterocycles. The van der Waals surface area contributed by atoms with Crippen LogP contribution in [0, 0.1) is 17.1 Å². The third-order valence-electron chi connectivity index (χ3n) is 5.23. The van der Waals surface area contributed by atoms with Crippen molar-refractivity contribution in [3.8, 4) is 6.07 Å². The Morgan fingerprint density at radius 3 is 2.78 bits per heavy atom. The van der Waals surface area contributed by atoms with Gasteiger partial charge in [0.05, 0.1) is 19.0 Å². The van der Waals surface area contributed by atoms with Crippen LogP contribution in [0.3, 0.4) is 0 Å². The maximum atomic E-state index is 13.5. The minimum absolute atomic E-state index is 0.155. The van der Waals surface area contributed by atoms with Gasteiger partial charge in [0.25, 0.3) is 11.8 Å². The first-order valence-electron chi connectivity index (χ1n) is 10.2. The molecule has 0 bridgehead atoms. The molecule has 8 nitrogen and oxygen atoms in total. The zero-order valence-corrected chi connectivity index (χ0v) is 17.3. The van der Waals surface area contributed by atoms with E-state index in [9.17, 15) is 14.0 Å². The van der Waals surface area contributed by atoms with Gasteiger partial charge in [0.15, 0.2) is 5.69 Å². The summed E-state index contributed by atoms with van der Waals surface area (Å²) in [7, 11) is 0. The minimum atomic E-state index is -0.351. The van der Waals surface area contributed by atoms with E-state index in [2.05, 4.69) is 16.2 Å². The maximum absolute atomic E-state index is 13.5. The van der Waals surface area contributed by atoms with Crippen molar-refractivity contribution in [2.45, 2.75) is 26.1 Å². The van der Waals surface area contributed by atoms with Gasteiger partial charge in [-0.2, -0.15) is 10.4 Å². The number of benzene rings is 1. The molecular weight excluding hydrogens is 411 g/mol. The van der Waals surface area contributed by atoms with Crippen LogP contribution in [0.5, 0.6) is 0 Å². The molecule has 2 amide bonds. The number of amides is 2. The van der Waals surface area contributed by atoms with Crippen LogP contribution < -0.4 is 0 Å². The summed E-state index contributed by atoms with van der Waals surface area (Å²) in [5.74, 6) is -0.964. The Morgan fingerprint density at radius 2 is 2.03 bits per heavy atom. The zero-order valence-electron chi connectivity index (χ0n) is 17.3. The van der Waals surface area contributed by atoms with Crippen LogP contribution in [0.15, 0.2) is 54.9 Å². The van der Waals surface area contributed by atoms with E-state index < -0.39 is 0 Å². The third-order valence-corrected chi connectivity index (χ3v) is 5.23. The van der Waals surface area contributed by atoms with Gasteiger partial charge in [-0.25, -0.2) is 4.39 Å². The van der Waals surface area contributed by atoms with Crippen LogP contribution >= 0.6 is 0 Å². The van der Waals surface area contributed by atoms with Gasteiger partial charge in [-0.15, -0.1) is 0 Å². The molecule has 0 saturated carbocycles. The third kappa shape index (κ3) is 4.64. The summed E-state index contributed by atoms with van der Waals surface area (Å²) in [4.78, 5) is 33.3. The number of hydrogen-bond donors (Lipinski definition) is 0. The lowest BCUT2D eigenvalue weighted by Gasteiger charge is -2.27. The summed E-state index contributed by atoms with van der Waals surface area (Å²) in [5, 5.41) is 13.3. The molecule has 0 spiro atoms. The molecule has 0 saturated heterocycles. The number of carbonyl (C=O) groups excluding carboxylic acids is 2. The lowest BCUT2D eigenvalue weighted by atomic mass is 10.1. The summed E-state index contributed by atoms with van der Waals surface area (Å²) in [5.41, 5.74) is 2.00. The molecule has 1 aliphatic rings. The highest BCUT2D eigenvalue weighted by Crippen LogP contribution is 2.19. The van der Waals surface area contributed by atoms with Crippen molar-refractivity contribution in [3.63, 3.8) is 0 Å². The molecule has 9 heteroatoms. The molecule has 0 unspecified atom stereocenters. The Bertz CT molecular complexity index is 1170. The van der Waals surface area contributed by atoms with Gasteiger partial charge in [-0.05, 0) is 29.3 Å². The first kappa shape index (κ1) is 21.2. The molecule has 0 atom stereocenters. The number of rotatable bonds is 7. The van der Waals surface area contributed by atoms with Crippen molar-refractivity contribution in [2.24, 2.45) is 0 Å².